The molecular formula is C40H51F3N4O9S. The fraction of sp³-hybridized carbons (Fsp3) is 0.650. The van der Waals surface area contributed by atoms with E-state index in [1.165, 1.54) is 18.2 Å². The van der Waals surface area contributed by atoms with E-state index < -0.39 is 91.8 Å². The number of hydrogen-bond donors (Lipinski definition) is 1. The van der Waals surface area contributed by atoms with Crippen LogP contribution in [0.3, 0.4) is 0 Å². The van der Waals surface area contributed by atoms with Gasteiger partial charge in [-0.2, -0.15) is 13.2 Å². The van der Waals surface area contributed by atoms with E-state index in [9.17, 15) is 40.8 Å². The highest BCUT2D eigenvalue weighted by Gasteiger charge is 2.63. The Morgan fingerprint density at radius 2 is 1.81 bits per heavy atom. The topological polar surface area (TPSA) is 171 Å². The van der Waals surface area contributed by atoms with Gasteiger partial charge in [-0.05, 0) is 89.2 Å². The number of esters is 1. The lowest BCUT2D eigenvalue weighted by atomic mass is 9.82. The zero-order chi connectivity index (χ0) is 41.7. The maximum absolute atomic E-state index is 14.8. The summed E-state index contributed by atoms with van der Waals surface area (Å²) in [5.74, 6) is -4.53. The number of nitrogens with zero attached hydrogens (tertiary/aromatic N) is 3. The zero-order valence-electron chi connectivity index (χ0n) is 33.1. The third-order valence-electron chi connectivity index (χ3n) is 12.2. The van der Waals surface area contributed by atoms with Gasteiger partial charge in [0.05, 0.1) is 59.4 Å². The van der Waals surface area contributed by atoms with Crippen LogP contribution in [0.1, 0.15) is 92.4 Å². The fourth-order valence-electron chi connectivity index (χ4n) is 7.99. The number of alkyl halides is 3. The van der Waals surface area contributed by atoms with Crippen molar-refractivity contribution in [1.29, 1.82) is 0 Å². The van der Waals surface area contributed by atoms with Crippen LogP contribution in [0.4, 0.5) is 13.2 Å². The average Bonchev–Trinajstić information content (AvgIpc) is 4.01. The van der Waals surface area contributed by atoms with Gasteiger partial charge in [0, 0.05) is 18.9 Å². The molecule has 312 valence electrons. The second kappa shape index (κ2) is 15.5. The number of carbonyl (C=O) groups excluding carboxylic acids is 4. The number of ether oxygens (including phenoxy) is 3. The molecule has 2 amide bonds. The van der Waals surface area contributed by atoms with Gasteiger partial charge in [0.2, 0.25) is 33.3 Å². The van der Waals surface area contributed by atoms with E-state index >= 15 is 0 Å². The van der Waals surface area contributed by atoms with E-state index in [-0.39, 0.29) is 37.6 Å². The van der Waals surface area contributed by atoms with Crippen molar-refractivity contribution in [3.63, 3.8) is 0 Å². The lowest BCUT2D eigenvalue weighted by Crippen LogP contribution is -2.48. The van der Waals surface area contributed by atoms with Crippen LogP contribution in [0.25, 0.3) is 11.0 Å². The number of sulfonamides is 1. The Balaban J connectivity index is 1.34. The van der Waals surface area contributed by atoms with Crippen molar-refractivity contribution in [2.24, 2.45) is 29.1 Å². The van der Waals surface area contributed by atoms with Gasteiger partial charge in [0.1, 0.15) is 11.9 Å². The fourth-order valence-corrected chi connectivity index (χ4v) is 9.32. The lowest BCUT2D eigenvalue weighted by molar-refractivity contribution is -0.257. The summed E-state index contributed by atoms with van der Waals surface area (Å²) in [7, 11) is -2.57. The molecule has 1 saturated heterocycles. The van der Waals surface area contributed by atoms with Crippen molar-refractivity contribution in [1.82, 2.24) is 19.6 Å². The number of halogens is 3. The number of carbonyl (C=O) groups is 4. The highest BCUT2D eigenvalue weighted by molar-refractivity contribution is 7.91. The molecule has 1 aromatic heterocycles. The van der Waals surface area contributed by atoms with Gasteiger partial charge >= 0.3 is 12.1 Å². The number of benzene rings is 1. The second-order valence-corrected chi connectivity index (χ2v) is 19.4. The van der Waals surface area contributed by atoms with E-state index in [0.717, 1.165) is 13.8 Å². The Morgan fingerprint density at radius 3 is 2.47 bits per heavy atom. The number of fused-ring (bicyclic) bond motifs is 3. The molecule has 7 atom stereocenters. The number of hydrogen-bond acceptors (Lipinski definition) is 11. The van der Waals surface area contributed by atoms with E-state index in [1.807, 2.05) is 19.1 Å². The molecule has 6 rings (SSSR count). The molecule has 4 aliphatic rings. The monoisotopic (exact) mass is 820 g/mol. The van der Waals surface area contributed by atoms with E-state index in [2.05, 4.69) is 14.7 Å². The number of aromatic nitrogens is 2. The first-order chi connectivity index (χ1) is 26.6. The SMILES string of the molecule is COc1cnc2ccc(O[C@@H]3C[C@H]4C(=O)C[C@]5(C(=O)NS(=O)(=O)C6(C)CC6)C[C@H]5/C=C\CC[C@@H](C)C[C@@H](C)[C@H](CC(=O)OC(C)(C)C(F)(F)F)C(=O)N4C3)cc2n1. The first-order valence-corrected chi connectivity index (χ1v) is 20.9. The number of nitrogens with one attached hydrogen (secondary N) is 1. The van der Waals surface area contributed by atoms with Crippen LogP contribution in [0.2, 0.25) is 0 Å². The van der Waals surface area contributed by atoms with E-state index in [1.54, 1.807) is 32.0 Å². The summed E-state index contributed by atoms with van der Waals surface area (Å²) < 4.78 is 85.2. The normalized spacial score (nSPS) is 29.9. The summed E-state index contributed by atoms with van der Waals surface area (Å²) in [6.07, 6.45) is 1.30. The van der Waals surface area contributed by atoms with Crippen molar-refractivity contribution in [3.05, 3.63) is 36.5 Å². The molecule has 1 aromatic carbocycles. The summed E-state index contributed by atoms with van der Waals surface area (Å²) in [6, 6.07) is 3.83. The van der Waals surface area contributed by atoms with Crippen LogP contribution in [-0.4, -0.2) is 89.2 Å². The smallest absolute Gasteiger partial charge is 0.427 e. The molecular weight excluding hydrogens is 770 g/mol. The Morgan fingerprint density at radius 1 is 1.09 bits per heavy atom. The van der Waals surface area contributed by atoms with Crippen LogP contribution < -0.4 is 14.2 Å². The maximum Gasteiger partial charge on any atom is 0.427 e. The van der Waals surface area contributed by atoms with Crippen molar-refractivity contribution in [2.45, 2.75) is 121 Å². The van der Waals surface area contributed by atoms with Gasteiger partial charge in [-0.25, -0.2) is 18.4 Å². The van der Waals surface area contributed by atoms with Crippen LogP contribution in [0.15, 0.2) is 36.5 Å². The molecule has 13 nitrogen and oxygen atoms in total. The number of allylic oxidation sites excluding steroid dienone is 2. The summed E-state index contributed by atoms with van der Waals surface area (Å²) in [5.41, 5.74) is -3.16. The molecule has 2 saturated carbocycles. The highest BCUT2D eigenvalue weighted by atomic mass is 32.2. The molecule has 2 aromatic rings. The molecule has 0 radical (unpaired) electrons. The third kappa shape index (κ3) is 8.92. The minimum absolute atomic E-state index is 0.00989. The maximum atomic E-state index is 14.8. The first-order valence-electron chi connectivity index (χ1n) is 19.4. The Labute approximate surface area is 330 Å². The van der Waals surface area contributed by atoms with E-state index in [0.29, 0.717) is 48.9 Å². The second-order valence-electron chi connectivity index (χ2n) is 17.2. The average molecular weight is 821 g/mol. The quantitative estimate of drug-likeness (QED) is 0.238. The Bertz CT molecular complexity index is 2050. The van der Waals surface area contributed by atoms with Gasteiger partial charge in [-0.15, -0.1) is 0 Å². The third-order valence-corrected chi connectivity index (χ3v) is 14.4. The molecule has 0 unspecified atom stereocenters. The van der Waals surface area contributed by atoms with Gasteiger partial charge < -0.3 is 19.1 Å². The van der Waals surface area contributed by atoms with Crippen molar-refractivity contribution < 1.29 is 55.0 Å². The van der Waals surface area contributed by atoms with Crippen molar-refractivity contribution in [3.8, 4) is 11.6 Å². The first kappa shape index (κ1) is 42.3. The molecule has 1 N–H and O–H groups in total. The van der Waals surface area contributed by atoms with E-state index in [4.69, 9.17) is 14.2 Å². The Kier molecular flexibility index (Phi) is 11.5. The molecule has 2 aliphatic heterocycles. The van der Waals surface area contributed by atoms with Crippen LogP contribution in [0.5, 0.6) is 11.6 Å². The lowest BCUT2D eigenvalue weighted by Gasteiger charge is -2.33. The van der Waals surface area contributed by atoms with Crippen LogP contribution in [0, 0.1) is 29.1 Å². The predicted octanol–water partition coefficient (Wildman–Crippen LogP) is 5.85. The molecule has 3 heterocycles. The van der Waals surface area contributed by atoms with Crippen molar-refractivity contribution in [2.75, 3.05) is 13.7 Å². The van der Waals surface area contributed by atoms with Gasteiger partial charge in [0.25, 0.3) is 0 Å². The highest BCUT2D eigenvalue weighted by Crippen LogP contribution is 2.58. The summed E-state index contributed by atoms with van der Waals surface area (Å²) in [4.78, 5) is 66.5. The number of ketones is 1. The molecule has 2 aliphatic carbocycles. The standard InChI is InChI=1S/C40H51F3N4O9S/c1-23-9-7-8-10-25-19-39(25,36(51)46-57(52,53)38(5)13-14-38)20-32(48)31-17-27(55-26-11-12-29-30(16-26)45-33(54-6)21-44-29)22-47(31)35(50)28(24(2)15-23)18-34(49)56-37(3,4)40(41,42)43/h8,10-12,16,21,23-25,27-28,31H,7,9,13-15,17-20,22H2,1-6H3,(H,46,51)/b10-8-/t23-,24-,25-,27-,28+,31+,39-/m1/s1. The van der Waals surface area contributed by atoms with Gasteiger partial charge in [-0.3, -0.25) is 23.9 Å². The van der Waals surface area contributed by atoms with Gasteiger partial charge in [0.15, 0.2) is 5.78 Å². The number of amides is 2. The zero-order valence-corrected chi connectivity index (χ0v) is 33.9. The largest absolute Gasteiger partial charge is 0.488 e. The number of methoxy groups -OCH3 is 1. The minimum Gasteiger partial charge on any atom is -0.488 e. The Hall–Kier alpha value is -4.28. The molecule has 57 heavy (non-hydrogen) atoms. The number of rotatable bonds is 9. The van der Waals surface area contributed by atoms with Crippen molar-refractivity contribution >= 4 is 44.6 Å². The summed E-state index contributed by atoms with van der Waals surface area (Å²) in [6.45, 7) is 6.65. The minimum atomic E-state index is -4.86. The molecule has 17 heteroatoms. The summed E-state index contributed by atoms with van der Waals surface area (Å²) >= 11 is 0. The molecule has 3 fully saturated rings. The van der Waals surface area contributed by atoms with Gasteiger partial charge in [-0.1, -0.05) is 26.0 Å². The summed E-state index contributed by atoms with van der Waals surface area (Å²) in [5, 5.41) is 0. The predicted molar refractivity (Wildman–Crippen MR) is 201 cm³/mol. The molecule has 0 spiro atoms. The van der Waals surface area contributed by atoms with Crippen LogP contribution >= 0.6 is 0 Å². The van der Waals surface area contributed by atoms with Crippen LogP contribution in [-0.2, 0) is 33.9 Å². The molecule has 0 bridgehead atoms. The number of Topliss-reactive ketones (excluding diaryl/α,β-unsaturated/α-hetero) is 1.